The molecule has 0 aliphatic carbocycles. The third-order valence-corrected chi connectivity index (χ3v) is 3.77. The van der Waals surface area contributed by atoms with Gasteiger partial charge in [-0.15, -0.1) is 0 Å². The lowest BCUT2D eigenvalue weighted by Gasteiger charge is -2.31. The monoisotopic (exact) mass is 277 g/mol. The van der Waals surface area contributed by atoms with Crippen LogP contribution in [0.15, 0.2) is 30.3 Å². The number of hydrogen-bond donors (Lipinski definition) is 1. The van der Waals surface area contributed by atoms with E-state index in [0.717, 1.165) is 25.7 Å². The van der Waals surface area contributed by atoms with Gasteiger partial charge in [-0.1, -0.05) is 31.0 Å². The Kier molecular flexibility index (Phi) is 5.41. The third-order valence-electron chi connectivity index (χ3n) is 3.77. The molecular weight excluding hydrogens is 254 g/mol. The highest BCUT2D eigenvalue weighted by atomic mass is 16.5. The van der Waals surface area contributed by atoms with Crippen molar-refractivity contribution in [3.63, 3.8) is 0 Å². The van der Waals surface area contributed by atoms with Gasteiger partial charge in [-0.25, -0.2) is 0 Å². The fourth-order valence-corrected chi connectivity index (χ4v) is 2.64. The van der Waals surface area contributed by atoms with Crippen molar-refractivity contribution in [3.05, 3.63) is 30.3 Å². The van der Waals surface area contributed by atoms with Crippen LogP contribution in [0.3, 0.4) is 0 Å². The first-order chi connectivity index (χ1) is 9.72. The number of benzene rings is 1. The lowest BCUT2D eigenvalue weighted by molar-refractivity contribution is -0.141. The first-order valence-corrected chi connectivity index (χ1v) is 7.35. The van der Waals surface area contributed by atoms with Gasteiger partial charge in [-0.3, -0.25) is 4.79 Å². The topological polar surface area (TPSA) is 49.8 Å². The third kappa shape index (κ3) is 3.73. The molecule has 1 saturated heterocycles. The van der Waals surface area contributed by atoms with Crippen molar-refractivity contribution in [2.45, 2.75) is 44.8 Å². The molecule has 1 amide bonds. The molecule has 2 rings (SSSR count). The fraction of sp³-hybridized carbons (Fsp3) is 0.562. The Morgan fingerprint density at radius 2 is 2.10 bits per heavy atom. The standard InChI is InChI=1S/C16H23NO3/c1-13(20-15-9-5-2-6-10-15)16(19)17-11-7-3-4-8-14(17)12-18/h2,5-6,9-10,13-14,18H,3-4,7-8,11-12H2,1H3. The molecule has 20 heavy (non-hydrogen) atoms. The van der Waals surface area contributed by atoms with Crippen molar-refractivity contribution in [3.8, 4) is 5.75 Å². The van der Waals surface area contributed by atoms with Gasteiger partial charge in [0.25, 0.3) is 5.91 Å². The van der Waals surface area contributed by atoms with Crippen LogP contribution in [0.1, 0.15) is 32.6 Å². The fourth-order valence-electron chi connectivity index (χ4n) is 2.64. The van der Waals surface area contributed by atoms with Gasteiger partial charge in [0.1, 0.15) is 5.75 Å². The average Bonchev–Trinajstić information content (AvgIpc) is 2.72. The Bertz CT molecular complexity index is 421. The lowest BCUT2D eigenvalue weighted by Crippen LogP contribution is -2.47. The number of amides is 1. The normalized spacial score (nSPS) is 21.1. The molecule has 110 valence electrons. The zero-order valence-corrected chi connectivity index (χ0v) is 12.0. The van der Waals surface area contributed by atoms with E-state index in [0.29, 0.717) is 12.3 Å². The minimum atomic E-state index is -0.524. The van der Waals surface area contributed by atoms with Gasteiger partial charge in [0, 0.05) is 6.54 Å². The van der Waals surface area contributed by atoms with E-state index in [9.17, 15) is 9.90 Å². The van der Waals surface area contributed by atoms with Crippen molar-refractivity contribution in [2.75, 3.05) is 13.2 Å². The molecule has 0 aromatic heterocycles. The first-order valence-electron chi connectivity index (χ1n) is 7.35. The van der Waals surface area contributed by atoms with Crippen molar-refractivity contribution < 1.29 is 14.6 Å². The van der Waals surface area contributed by atoms with E-state index in [1.54, 1.807) is 11.8 Å². The highest BCUT2D eigenvalue weighted by molar-refractivity contribution is 5.81. The van der Waals surface area contributed by atoms with Gasteiger partial charge in [-0.05, 0) is 31.9 Å². The van der Waals surface area contributed by atoms with Gasteiger partial charge in [0.15, 0.2) is 6.10 Å². The summed E-state index contributed by atoms with van der Waals surface area (Å²) in [4.78, 5) is 14.3. The van der Waals surface area contributed by atoms with Crippen LogP contribution in [-0.2, 0) is 4.79 Å². The number of aliphatic hydroxyl groups is 1. The summed E-state index contributed by atoms with van der Waals surface area (Å²) >= 11 is 0. The Labute approximate surface area is 120 Å². The average molecular weight is 277 g/mol. The summed E-state index contributed by atoms with van der Waals surface area (Å²) in [5, 5.41) is 9.47. The minimum absolute atomic E-state index is 0.0315. The molecule has 0 bridgehead atoms. The second kappa shape index (κ2) is 7.29. The van der Waals surface area contributed by atoms with E-state index in [4.69, 9.17) is 4.74 Å². The zero-order valence-electron chi connectivity index (χ0n) is 12.0. The van der Waals surface area contributed by atoms with Crippen molar-refractivity contribution in [1.29, 1.82) is 0 Å². The molecule has 1 aliphatic heterocycles. The summed E-state index contributed by atoms with van der Waals surface area (Å²) in [5.74, 6) is 0.665. The Morgan fingerprint density at radius 1 is 1.35 bits per heavy atom. The molecule has 1 aromatic rings. The van der Waals surface area contributed by atoms with Crippen LogP contribution in [0, 0.1) is 0 Å². The summed E-state index contributed by atoms with van der Waals surface area (Å²) in [6.07, 6.45) is 3.54. The highest BCUT2D eigenvalue weighted by Crippen LogP contribution is 2.19. The maximum atomic E-state index is 12.5. The second-order valence-electron chi connectivity index (χ2n) is 5.29. The number of carbonyl (C=O) groups excluding carboxylic acids is 1. The molecule has 1 N–H and O–H groups in total. The summed E-state index contributed by atoms with van der Waals surface area (Å²) in [6, 6.07) is 9.30. The SMILES string of the molecule is CC(Oc1ccccc1)C(=O)N1CCCCCC1CO. The van der Waals surface area contributed by atoms with Crippen molar-refractivity contribution in [2.24, 2.45) is 0 Å². The summed E-state index contributed by atoms with van der Waals surface area (Å²) in [7, 11) is 0. The molecule has 0 saturated carbocycles. The maximum Gasteiger partial charge on any atom is 0.263 e. The predicted octanol–water partition coefficient (Wildman–Crippen LogP) is 2.22. The number of likely N-dealkylation sites (tertiary alicyclic amines) is 1. The molecule has 0 radical (unpaired) electrons. The molecule has 2 unspecified atom stereocenters. The van der Waals surface area contributed by atoms with Crippen molar-refractivity contribution >= 4 is 5.91 Å². The number of hydrogen-bond acceptors (Lipinski definition) is 3. The number of rotatable bonds is 4. The summed E-state index contributed by atoms with van der Waals surface area (Å²) < 4.78 is 5.69. The Morgan fingerprint density at radius 3 is 2.80 bits per heavy atom. The largest absolute Gasteiger partial charge is 0.481 e. The smallest absolute Gasteiger partial charge is 0.263 e. The van der Waals surface area contributed by atoms with E-state index in [-0.39, 0.29) is 18.6 Å². The van der Waals surface area contributed by atoms with Gasteiger partial charge < -0.3 is 14.7 Å². The van der Waals surface area contributed by atoms with Gasteiger partial charge in [-0.2, -0.15) is 0 Å². The number of aliphatic hydroxyl groups excluding tert-OH is 1. The van der Waals surface area contributed by atoms with Crippen LogP contribution >= 0.6 is 0 Å². The number of nitrogens with zero attached hydrogens (tertiary/aromatic N) is 1. The number of ether oxygens (including phenoxy) is 1. The van der Waals surface area contributed by atoms with Gasteiger partial charge in [0.05, 0.1) is 12.6 Å². The van der Waals surface area contributed by atoms with Crippen LogP contribution < -0.4 is 4.74 Å². The molecule has 1 heterocycles. The Hall–Kier alpha value is -1.55. The second-order valence-corrected chi connectivity index (χ2v) is 5.29. The summed E-state index contributed by atoms with van der Waals surface area (Å²) in [6.45, 7) is 2.52. The number of carbonyl (C=O) groups is 1. The first kappa shape index (κ1) is 14.9. The van der Waals surface area contributed by atoms with Crippen LogP contribution in [0.4, 0.5) is 0 Å². The van der Waals surface area contributed by atoms with Crippen LogP contribution in [0.25, 0.3) is 0 Å². The molecule has 1 aromatic carbocycles. The minimum Gasteiger partial charge on any atom is -0.481 e. The zero-order chi connectivity index (χ0) is 14.4. The molecule has 0 spiro atoms. The molecule has 2 atom stereocenters. The van der Waals surface area contributed by atoms with Gasteiger partial charge >= 0.3 is 0 Å². The molecule has 1 aliphatic rings. The van der Waals surface area contributed by atoms with E-state index >= 15 is 0 Å². The van der Waals surface area contributed by atoms with Gasteiger partial charge in [0.2, 0.25) is 0 Å². The van der Waals surface area contributed by atoms with E-state index < -0.39 is 6.10 Å². The predicted molar refractivity (Wildman–Crippen MR) is 77.6 cm³/mol. The quantitative estimate of drug-likeness (QED) is 0.918. The lowest BCUT2D eigenvalue weighted by atomic mass is 10.1. The van der Waals surface area contributed by atoms with E-state index in [1.807, 2.05) is 30.3 Å². The van der Waals surface area contributed by atoms with Crippen LogP contribution in [-0.4, -0.2) is 41.2 Å². The highest BCUT2D eigenvalue weighted by Gasteiger charge is 2.29. The van der Waals surface area contributed by atoms with E-state index in [2.05, 4.69) is 0 Å². The van der Waals surface area contributed by atoms with Crippen molar-refractivity contribution in [1.82, 2.24) is 4.90 Å². The molecule has 1 fully saturated rings. The van der Waals surface area contributed by atoms with Crippen LogP contribution in [0.5, 0.6) is 5.75 Å². The van der Waals surface area contributed by atoms with Crippen LogP contribution in [0.2, 0.25) is 0 Å². The number of para-hydroxylation sites is 1. The van der Waals surface area contributed by atoms with E-state index in [1.165, 1.54) is 0 Å². The molecular formula is C16H23NO3. The molecule has 4 nitrogen and oxygen atoms in total. The summed E-state index contributed by atoms with van der Waals surface area (Å²) in [5.41, 5.74) is 0. The maximum absolute atomic E-state index is 12.5. The molecule has 4 heteroatoms. The Balaban J connectivity index is 2.00.